The smallest absolute Gasteiger partial charge is 0.327 e. The van der Waals surface area contributed by atoms with Crippen LogP contribution in [0.2, 0.25) is 0 Å². The van der Waals surface area contributed by atoms with E-state index in [9.17, 15) is 9.59 Å². The molecule has 0 aromatic heterocycles. The van der Waals surface area contributed by atoms with E-state index in [4.69, 9.17) is 28.4 Å². The number of fused-ring (bicyclic) bond motifs is 1. The fourth-order valence-electron chi connectivity index (χ4n) is 3.65. The summed E-state index contributed by atoms with van der Waals surface area (Å²) in [7, 11) is 3.17. The molecule has 0 N–H and O–H groups in total. The van der Waals surface area contributed by atoms with Crippen molar-refractivity contribution < 1.29 is 38.0 Å². The Kier molecular flexibility index (Phi) is 10.9. The van der Waals surface area contributed by atoms with E-state index in [1.165, 1.54) is 19.6 Å². The zero-order valence-corrected chi connectivity index (χ0v) is 20.0. The fourth-order valence-corrected chi connectivity index (χ4v) is 3.65. The highest BCUT2D eigenvalue weighted by molar-refractivity contribution is 5.85. The molecule has 186 valence electrons. The molecule has 2 aliphatic heterocycles. The summed E-state index contributed by atoms with van der Waals surface area (Å²) in [6, 6.07) is -0.580. The number of ether oxygens (including phenoxy) is 6. The van der Waals surface area contributed by atoms with E-state index in [2.05, 4.69) is 0 Å². The SMILES string of the molecule is CCOCN1C(=O)N(COC(C)COC)C2C1N(COCC)C(=O)N2COC(C)COC. The van der Waals surface area contributed by atoms with Crippen LogP contribution in [0.3, 0.4) is 0 Å². The summed E-state index contributed by atoms with van der Waals surface area (Å²) in [5.41, 5.74) is 0. The molecule has 0 aromatic carbocycles. The number of hydrogen-bond acceptors (Lipinski definition) is 8. The summed E-state index contributed by atoms with van der Waals surface area (Å²) in [4.78, 5) is 32.7. The highest BCUT2D eigenvalue weighted by Gasteiger charge is 2.59. The van der Waals surface area contributed by atoms with Gasteiger partial charge < -0.3 is 28.4 Å². The zero-order valence-electron chi connectivity index (χ0n) is 20.0. The van der Waals surface area contributed by atoms with Gasteiger partial charge in [-0.15, -0.1) is 0 Å². The van der Waals surface area contributed by atoms with Gasteiger partial charge in [0.1, 0.15) is 26.9 Å². The van der Waals surface area contributed by atoms with Crippen LogP contribution in [0.1, 0.15) is 27.7 Å². The van der Waals surface area contributed by atoms with Gasteiger partial charge in [0.2, 0.25) is 0 Å². The molecule has 2 heterocycles. The quantitative estimate of drug-likeness (QED) is 0.336. The molecule has 12 heteroatoms. The third kappa shape index (κ3) is 6.21. The Hall–Kier alpha value is -1.70. The minimum absolute atomic E-state index is 0.00691. The molecule has 2 unspecified atom stereocenters. The van der Waals surface area contributed by atoms with Gasteiger partial charge in [0.25, 0.3) is 0 Å². The van der Waals surface area contributed by atoms with Crippen LogP contribution >= 0.6 is 0 Å². The summed E-state index contributed by atoms with van der Waals surface area (Å²) in [6.45, 7) is 9.12. The molecule has 0 spiro atoms. The van der Waals surface area contributed by atoms with Gasteiger partial charge in [0.15, 0.2) is 12.3 Å². The first-order valence-corrected chi connectivity index (χ1v) is 10.9. The number of methoxy groups -OCH3 is 2. The largest absolute Gasteiger partial charge is 0.382 e. The fraction of sp³-hybridized carbons (Fsp3) is 0.900. The van der Waals surface area contributed by atoms with Crippen molar-refractivity contribution in [3.05, 3.63) is 0 Å². The topological polar surface area (TPSA) is 102 Å². The van der Waals surface area contributed by atoms with Crippen LogP contribution in [0.4, 0.5) is 9.59 Å². The Morgan fingerprint density at radius 1 is 0.688 bits per heavy atom. The lowest BCUT2D eigenvalue weighted by Gasteiger charge is -2.30. The Balaban J connectivity index is 2.29. The summed E-state index contributed by atoms with van der Waals surface area (Å²) in [5.74, 6) is 0. The van der Waals surface area contributed by atoms with Crippen LogP contribution in [0, 0.1) is 0 Å². The molecule has 2 atom stereocenters. The van der Waals surface area contributed by atoms with Gasteiger partial charge in [-0.05, 0) is 27.7 Å². The van der Waals surface area contributed by atoms with E-state index < -0.39 is 12.3 Å². The molecule has 0 aliphatic carbocycles. The number of carbonyl (C=O) groups excluding carboxylic acids is 2. The normalized spacial score (nSPS) is 22.8. The van der Waals surface area contributed by atoms with E-state index in [1.807, 2.05) is 27.7 Å². The standard InChI is InChI=1S/C20H38N4O8/c1-7-29-11-21-17-18(23(19(21)25)13-31-15(3)9-27-5)24(14-32-16(4)10-28-6)20(26)22(17)12-30-8-2/h15-18H,7-14H2,1-6H3. The van der Waals surface area contributed by atoms with Crippen molar-refractivity contribution >= 4 is 12.1 Å². The van der Waals surface area contributed by atoms with Gasteiger partial charge >= 0.3 is 12.1 Å². The van der Waals surface area contributed by atoms with E-state index in [0.717, 1.165) is 0 Å². The third-order valence-corrected chi connectivity index (χ3v) is 5.19. The molecule has 2 rings (SSSR count). The van der Waals surface area contributed by atoms with Crippen molar-refractivity contribution in [1.29, 1.82) is 0 Å². The van der Waals surface area contributed by atoms with Crippen molar-refractivity contribution in [2.45, 2.75) is 52.2 Å². The molecule has 2 aliphatic rings. The first kappa shape index (κ1) is 26.6. The van der Waals surface area contributed by atoms with Gasteiger partial charge in [0, 0.05) is 27.4 Å². The number of amides is 4. The molecule has 0 saturated carbocycles. The summed E-state index contributed by atoms with van der Waals surface area (Å²) >= 11 is 0. The summed E-state index contributed by atoms with van der Waals surface area (Å²) < 4.78 is 32.9. The molecular weight excluding hydrogens is 424 g/mol. The maximum Gasteiger partial charge on any atom is 0.327 e. The van der Waals surface area contributed by atoms with Gasteiger partial charge in [-0.1, -0.05) is 0 Å². The van der Waals surface area contributed by atoms with Crippen LogP contribution in [-0.2, 0) is 28.4 Å². The van der Waals surface area contributed by atoms with Crippen LogP contribution in [0.5, 0.6) is 0 Å². The Labute approximate surface area is 190 Å². The maximum absolute atomic E-state index is 13.3. The molecule has 0 aromatic rings. The third-order valence-electron chi connectivity index (χ3n) is 5.19. The number of rotatable bonds is 16. The Morgan fingerprint density at radius 3 is 1.34 bits per heavy atom. The lowest BCUT2D eigenvalue weighted by atomic mass is 10.3. The monoisotopic (exact) mass is 462 g/mol. The van der Waals surface area contributed by atoms with Crippen molar-refractivity contribution in [3.8, 4) is 0 Å². The van der Waals surface area contributed by atoms with Gasteiger partial charge in [-0.3, -0.25) is 19.6 Å². The van der Waals surface area contributed by atoms with Crippen molar-refractivity contribution in [2.24, 2.45) is 0 Å². The van der Waals surface area contributed by atoms with Gasteiger partial charge in [-0.2, -0.15) is 0 Å². The van der Waals surface area contributed by atoms with Crippen molar-refractivity contribution in [2.75, 3.05) is 67.6 Å². The van der Waals surface area contributed by atoms with E-state index in [1.54, 1.807) is 14.2 Å². The number of urea groups is 2. The second-order valence-corrected chi connectivity index (χ2v) is 7.64. The number of nitrogens with zero attached hydrogens (tertiary/aromatic N) is 4. The van der Waals surface area contributed by atoms with E-state index in [-0.39, 0.29) is 51.2 Å². The van der Waals surface area contributed by atoms with Crippen molar-refractivity contribution in [1.82, 2.24) is 19.6 Å². The van der Waals surface area contributed by atoms with Crippen LogP contribution in [0.15, 0.2) is 0 Å². The maximum atomic E-state index is 13.3. The van der Waals surface area contributed by atoms with E-state index in [0.29, 0.717) is 26.4 Å². The molecule has 32 heavy (non-hydrogen) atoms. The predicted molar refractivity (Wildman–Crippen MR) is 113 cm³/mol. The minimum atomic E-state index is -0.625. The van der Waals surface area contributed by atoms with Crippen LogP contribution < -0.4 is 0 Å². The Bertz CT molecular complexity index is 550. The average molecular weight is 463 g/mol. The highest BCUT2D eigenvalue weighted by Crippen LogP contribution is 2.35. The second-order valence-electron chi connectivity index (χ2n) is 7.64. The second kappa shape index (κ2) is 13.1. The van der Waals surface area contributed by atoms with Gasteiger partial charge in [0.05, 0.1) is 25.4 Å². The molecule has 0 bridgehead atoms. The Morgan fingerprint density at radius 2 is 1.03 bits per heavy atom. The molecular formula is C20H38N4O8. The lowest BCUT2D eigenvalue weighted by Crippen LogP contribution is -2.49. The lowest BCUT2D eigenvalue weighted by molar-refractivity contribution is -0.0774. The molecule has 4 amide bonds. The minimum Gasteiger partial charge on any atom is -0.382 e. The molecule has 0 radical (unpaired) electrons. The van der Waals surface area contributed by atoms with Gasteiger partial charge in [-0.25, -0.2) is 9.59 Å². The highest BCUT2D eigenvalue weighted by atomic mass is 16.5. The molecule has 2 fully saturated rings. The first-order valence-electron chi connectivity index (χ1n) is 10.9. The van der Waals surface area contributed by atoms with Crippen LogP contribution in [0.25, 0.3) is 0 Å². The number of carbonyl (C=O) groups is 2. The summed E-state index contributed by atoms with van der Waals surface area (Å²) in [6.07, 6.45) is -1.68. The van der Waals surface area contributed by atoms with Crippen molar-refractivity contribution in [3.63, 3.8) is 0 Å². The zero-order chi connectivity index (χ0) is 23.7. The van der Waals surface area contributed by atoms with E-state index >= 15 is 0 Å². The summed E-state index contributed by atoms with van der Waals surface area (Å²) in [5, 5.41) is 0. The molecule has 2 saturated heterocycles. The van der Waals surface area contributed by atoms with Crippen LogP contribution in [-0.4, -0.2) is 124 Å². The average Bonchev–Trinajstić information content (AvgIpc) is 3.18. The molecule has 12 nitrogen and oxygen atoms in total. The number of hydrogen-bond donors (Lipinski definition) is 0. The predicted octanol–water partition coefficient (Wildman–Crippen LogP) is 1.12. The first-order chi connectivity index (χ1) is 15.4.